The van der Waals surface area contributed by atoms with Crippen LogP contribution in [0.4, 0.5) is 11.4 Å². The van der Waals surface area contributed by atoms with Crippen LogP contribution in [-0.4, -0.2) is 49.8 Å². The van der Waals surface area contributed by atoms with Crippen molar-refractivity contribution >= 4 is 27.3 Å². The third-order valence-electron chi connectivity index (χ3n) is 5.81. The van der Waals surface area contributed by atoms with Gasteiger partial charge in [-0.25, -0.2) is 8.42 Å². The van der Waals surface area contributed by atoms with Gasteiger partial charge < -0.3 is 10.2 Å². The molecule has 1 amide bonds. The number of anilines is 2. The molecule has 8 heteroatoms. The summed E-state index contributed by atoms with van der Waals surface area (Å²) in [6.45, 7) is 2.90. The highest BCUT2D eigenvalue weighted by Crippen LogP contribution is 2.33. The lowest BCUT2D eigenvalue weighted by molar-refractivity contribution is 0.102. The molecule has 0 atom stereocenters. The Balaban J connectivity index is 1.68. The van der Waals surface area contributed by atoms with Gasteiger partial charge in [-0.3, -0.25) is 9.78 Å². The highest BCUT2D eigenvalue weighted by Gasteiger charge is 2.27. The van der Waals surface area contributed by atoms with Gasteiger partial charge in [-0.1, -0.05) is 6.42 Å². The highest BCUT2D eigenvalue weighted by molar-refractivity contribution is 7.89. The molecule has 2 fully saturated rings. The predicted molar refractivity (Wildman–Crippen MR) is 117 cm³/mol. The summed E-state index contributed by atoms with van der Waals surface area (Å²) in [7, 11) is -3.58. The maximum Gasteiger partial charge on any atom is 0.255 e. The van der Waals surface area contributed by atoms with Gasteiger partial charge in [0.15, 0.2) is 0 Å². The maximum absolute atomic E-state index is 13.2. The van der Waals surface area contributed by atoms with Crippen LogP contribution < -0.4 is 10.2 Å². The minimum atomic E-state index is -3.58. The normalized spacial score (nSPS) is 18.2. The number of pyridine rings is 1. The van der Waals surface area contributed by atoms with E-state index in [1.54, 1.807) is 41.0 Å². The molecule has 4 rings (SSSR count). The van der Waals surface area contributed by atoms with Crippen molar-refractivity contribution in [3.63, 3.8) is 0 Å². The van der Waals surface area contributed by atoms with E-state index < -0.39 is 10.0 Å². The molecule has 2 aliphatic heterocycles. The number of carbonyl (C=O) groups excluding carboxylic acids is 1. The Hall–Kier alpha value is -2.45. The second kappa shape index (κ2) is 9.14. The molecule has 0 radical (unpaired) electrons. The van der Waals surface area contributed by atoms with Crippen LogP contribution in [0, 0.1) is 0 Å². The van der Waals surface area contributed by atoms with Crippen LogP contribution in [0.1, 0.15) is 48.9 Å². The van der Waals surface area contributed by atoms with Crippen LogP contribution in [0.5, 0.6) is 0 Å². The van der Waals surface area contributed by atoms with E-state index in [2.05, 4.69) is 15.2 Å². The standard InChI is InChI=1S/C22H28N4O3S/c27-22(18-9-11-23-12-10-18)24-20-17-19(30(28,29)26-15-5-2-6-16-26)7-8-21(20)25-13-3-1-4-14-25/h7-12,17H,1-6,13-16H2,(H,24,27). The van der Waals surface area contributed by atoms with Gasteiger partial charge in [0.05, 0.1) is 16.3 Å². The van der Waals surface area contributed by atoms with Gasteiger partial charge >= 0.3 is 0 Å². The summed E-state index contributed by atoms with van der Waals surface area (Å²) >= 11 is 0. The maximum atomic E-state index is 13.2. The number of benzene rings is 1. The Morgan fingerprint density at radius 3 is 2.17 bits per heavy atom. The number of carbonyl (C=O) groups is 1. The summed E-state index contributed by atoms with van der Waals surface area (Å²) in [5, 5.41) is 2.95. The Morgan fingerprint density at radius 1 is 0.867 bits per heavy atom. The molecule has 0 saturated carbocycles. The Bertz CT molecular complexity index is 983. The largest absolute Gasteiger partial charge is 0.370 e. The number of aromatic nitrogens is 1. The van der Waals surface area contributed by atoms with Gasteiger partial charge in [-0.2, -0.15) is 4.31 Å². The lowest BCUT2D eigenvalue weighted by Crippen LogP contribution is -2.35. The van der Waals surface area contributed by atoms with Crippen molar-refractivity contribution in [1.82, 2.24) is 9.29 Å². The fourth-order valence-electron chi connectivity index (χ4n) is 4.14. The summed E-state index contributed by atoms with van der Waals surface area (Å²) in [6.07, 6.45) is 9.34. The molecule has 1 aromatic heterocycles. The predicted octanol–water partition coefficient (Wildman–Crippen LogP) is 3.50. The van der Waals surface area contributed by atoms with Crippen LogP contribution in [0.15, 0.2) is 47.6 Å². The second-order valence-corrected chi connectivity index (χ2v) is 9.82. The molecule has 7 nitrogen and oxygen atoms in total. The Kier molecular flexibility index (Phi) is 6.34. The van der Waals surface area contributed by atoms with Crippen molar-refractivity contribution in [3.05, 3.63) is 48.3 Å². The van der Waals surface area contributed by atoms with Crippen molar-refractivity contribution in [1.29, 1.82) is 0 Å². The molecule has 160 valence electrons. The van der Waals surface area contributed by atoms with E-state index in [0.29, 0.717) is 24.3 Å². The molecule has 0 unspecified atom stereocenters. The molecule has 0 spiro atoms. The fourth-order valence-corrected chi connectivity index (χ4v) is 5.68. The lowest BCUT2D eigenvalue weighted by atomic mass is 10.1. The van der Waals surface area contributed by atoms with Gasteiger partial charge in [-0.05, 0) is 62.4 Å². The van der Waals surface area contributed by atoms with E-state index in [-0.39, 0.29) is 10.8 Å². The molecular formula is C22H28N4O3S. The molecule has 1 aromatic carbocycles. The molecule has 0 aliphatic carbocycles. The van der Waals surface area contributed by atoms with E-state index in [1.165, 1.54) is 6.42 Å². The third kappa shape index (κ3) is 4.49. The Labute approximate surface area is 178 Å². The van der Waals surface area contributed by atoms with Crippen LogP contribution in [0.25, 0.3) is 0 Å². The number of piperidine rings is 2. The second-order valence-electron chi connectivity index (χ2n) is 7.88. The van der Waals surface area contributed by atoms with Crippen molar-refractivity contribution in [2.75, 3.05) is 36.4 Å². The third-order valence-corrected chi connectivity index (χ3v) is 7.70. The van der Waals surface area contributed by atoms with Crippen molar-refractivity contribution < 1.29 is 13.2 Å². The van der Waals surface area contributed by atoms with Gasteiger partial charge in [0.25, 0.3) is 5.91 Å². The van der Waals surface area contributed by atoms with Crippen LogP contribution in [0.3, 0.4) is 0 Å². The van der Waals surface area contributed by atoms with E-state index in [4.69, 9.17) is 0 Å². The summed E-state index contributed by atoms with van der Waals surface area (Å²) in [5.74, 6) is -0.275. The molecule has 0 bridgehead atoms. The summed E-state index contributed by atoms with van der Waals surface area (Å²) < 4.78 is 27.9. The van der Waals surface area contributed by atoms with E-state index in [1.807, 2.05) is 6.07 Å². The molecule has 2 aromatic rings. The van der Waals surface area contributed by atoms with Crippen LogP contribution in [-0.2, 0) is 10.0 Å². The monoisotopic (exact) mass is 428 g/mol. The zero-order valence-electron chi connectivity index (χ0n) is 17.1. The van der Waals surface area contributed by atoms with Gasteiger partial charge in [0, 0.05) is 44.1 Å². The minimum absolute atomic E-state index is 0.232. The first-order valence-electron chi connectivity index (χ1n) is 10.7. The molecule has 3 heterocycles. The van der Waals surface area contributed by atoms with Crippen molar-refractivity contribution in [3.8, 4) is 0 Å². The Morgan fingerprint density at radius 2 is 1.50 bits per heavy atom. The van der Waals surface area contributed by atoms with E-state index >= 15 is 0 Å². The molecule has 2 saturated heterocycles. The number of nitrogens with one attached hydrogen (secondary N) is 1. The summed E-state index contributed by atoms with van der Waals surface area (Å²) in [5.41, 5.74) is 1.89. The van der Waals surface area contributed by atoms with Crippen molar-refractivity contribution in [2.45, 2.75) is 43.4 Å². The van der Waals surface area contributed by atoms with Crippen LogP contribution >= 0.6 is 0 Å². The first kappa shape index (κ1) is 20.8. The summed E-state index contributed by atoms with van der Waals surface area (Å²) in [6, 6.07) is 8.42. The SMILES string of the molecule is O=C(Nc1cc(S(=O)(=O)N2CCCCC2)ccc1N1CCCCC1)c1ccncc1. The van der Waals surface area contributed by atoms with Crippen molar-refractivity contribution in [2.24, 2.45) is 0 Å². The van der Waals surface area contributed by atoms with Gasteiger partial charge in [0.2, 0.25) is 10.0 Å². The minimum Gasteiger partial charge on any atom is -0.370 e. The first-order valence-corrected chi connectivity index (χ1v) is 12.1. The number of hydrogen-bond acceptors (Lipinski definition) is 5. The molecule has 2 aliphatic rings. The number of nitrogens with zero attached hydrogens (tertiary/aromatic N) is 3. The topological polar surface area (TPSA) is 82.6 Å². The fraction of sp³-hybridized carbons (Fsp3) is 0.455. The average Bonchev–Trinajstić information content (AvgIpc) is 2.81. The smallest absolute Gasteiger partial charge is 0.255 e. The number of sulfonamides is 1. The zero-order valence-corrected chi connectivity index (χ0v) is 17.9. The molecule has 1 N–H and O–H groups in total. The molecule has 30 heavy (non-hydrogen) atoms. The number of rotatable bonds is 5. The van der Waals surface area contributed by atoms with Crippen LogP contribution in [0.2, 0.25) is 0 Å². The highest BCUT2D eigenvalue weighted by atomic mass is 32.2. The number of amides is 1. The average molecular weight is 429 g/mol. The van der Waals surface area contributed by atoms with E-state index in [9.17, 15) is 13.2 Å². The molecular weight excluding hydrogens is 400 g/mol. The lowest BCUT2D eigenvalue weighted by Gasteiger charge is -2.31. The quantitative estimate of drug-likeness (QED) is 0.788. The number of hydrogen-bond donors (Lipinski definition) is 1. The zero-order chi connectivity index (χ0) is 21.0. The van der Waals surface area contributed by atoms with E-state index in [0.717, 1.165) is 50.9 Å². The van der Waals surface area contributed by atoms with Gasteiger partial charge in [0.1, 0.15) is 0 Å². The summed E-state index contributed by atoms with van der Waals surface area (Å²) in [4.78, 5) is 19.2. The van der Waals surface area contributed by atoms with Gasteiger partial charge in [-0.15, -0.1) is 0 Å². The first-order chi connectivity index (χ1) is 14.6.